The van der Waals surface area contributed by atoms with Gasteiger partial charge in [-0.05, 0) is 56.2 Å². The minimum atomic E-state index is -0.167. The second-order valence-electron chi connectivity index (χ2n) is 8.00. The van der Waals surface area contributed by atoms with E-state index in [1.807, 2.05) is 48.5 Å². The molecule has 0 radical (unpaired) electrons. The number of anilines is 1. The van der Waals surface area contributed by atoms with Crippen LogP contribution in [0.4, 0.5) is 5.69 Å². The SMILES string of the molecule is Cc1ncoc1C(=O)N1CCC(C(=O)Nc2ccc(-c3nc4ccccc4[nH]3)cc2)CC1. The number of carbonyl (C=O) groups excluding carboxylic acids is 2. The normalized spacial score (nSPS) is 14.6. The lowest BCUT2D eigenvalue weighted by Gasteiger charge is -2.30. The summed E-state index contributed by atoms with van der Waals surface area (Å²) in [6, 6.07) is 15.5. The number of carbonyl (C=O) groups is 2. The summed E-state index contributed by atoms with van der Waals surface area (Å²) in [5.41, 5.74) is 4.19. The van der Waals surface area contributed by atoms with E-state index in [4.69, 9.17) is 4.42 Å². The second kappa shape index (κ2) is 8.30. The number of amides is 2. The van der Waals surface area contributed by atoms with Crippen LogP contribution in [0.5, 0.6) is 0 Å². The number of benzene rings is 2. The highest BCUT2D eigenvalue weighted by Crippen LogP contribution is 2.24. The number of H-pyrrole nitrogens is 1. The Morgan fingerprint density at radius 2 is 1.84 bits per heavy atom. The third kappa shape index (κ3) is 3.87. The summed E-state index contributed by atoms with van der Waals surface area (Å²) in [5, 5.41) is 3.00. The Kier molecular flexibility index (Phi) is 5.18. The van der Waals surface area contributed by atoms with Crippen LogP contribution in [0.1, 0.15) is 29.1 Å². The second-order valence-corrected chi connectivity index (χ2v) is 8.00. The average molecular weight is 429 g/mol. The van der Waals surface area contributed by atoms with Gasteiger partial charge in [-0.2, -0.15) is 0 Å². The fraction of sp³-hybridized carbons (Fsp3) is 0.250. The molecule has 1 saturated heterocycles. The molecule has 2 amide bonds. The molecule has 1 aliphatic heterocycles. The van der Waals surface area contributed by atoms with Gasteiger partial charge in [0.05, 0.1) is 16.7 Å². The highest BCUT2D eigenvalue weighted by atomic mass is 16.3. The van der Waals surface area contributed by atoms with Gasteiger partial charge in [-0.3, -0.25) is 9.59 Å². The first-order valence-corrected chi connectivity index (χ1v) is 10.6. The number of hydrogen-bond acceptors (Lipinski definition) is 5. The number of aryl methyl sites for hydroxylation is 1. The number of imidazole rings is 1. The van der Waals surface area contributed by atoms with E-state index in [9.17, 15) is 9.59 Å². The first kappa shape index (κ1) is 20.0. The van der Waals surface area contributed by atoms with Gasteiger partial charge in [-0.15, -0.1) is 0 Å². The summed E-state index contributed by atoms with van der Waals surface area (Å²) in [5.74, 6) is 0.745. The van der Waals surface area contributed by atoms with E-state index >= 15 is 0 Å². The first-order valence-electron chi connectivity index (χ1n) is 10.6. The van der Waals surface area contributed by atoms with Gasteiger partial charge < -0.3 is 19.6 Å². The summed E-state index contributed by atoms with van der Waals surface area (Å²) in [7, 11) is 0. The van der Waals surface area contributed by atoms with E-state index in [1.54, 1.807) is 11.8 Å². The Morgan fingerprint density at radius 1 is 1.09 bits per heavy atom. The summed E-state index contributed by atoms with van der Waals surface area (Å²) < 4.78 is 5.20. The molecule has 8 heteroatoms. The molecule has 2 aromatic heterocycles. The molecule has 5 rings (SSSR count). The number of likely N-dealkylation sites (tertiary alicyclic amines) is 1. The van der Waals surface area contributed by atoms with Crippen molar-refractivity contribution in [2.24, 2.45) is 5.92 Å². The molecule has 1 aliphatic rings. The van der Waals surface area contributed by atoms with E-state index < -0.39 is 0 Å². The van der Waals surface area contributed by atoms with E-state index in [2.05, 4.69) is 20.3 Å². The molecule has 0 atom stereocenters. The number of aromatic nitrogens is 3. The molecule has 0 spiro atoms. The number of rotatable bonds is 4. The standard InChI is InChI=1S/C24H23N5O3/c1-15-21(32-14-25-15)24(31)29-12-10-17(11-13-29)23(30)26-18-8-6-16(7-9-18)22-27-19-4-2-3-5-20(19)28-22/h2-9,14,17H,10-13H2,1H3,(H,26,30)(H,27,28). The fourth-order valence-electron chi connectivity index (χ4n) is 4.04. The van der Waals surface area contributed by atoms with Gasteiger partial charge in [0.1, 0.15) is 5.82 Å². The molecule has 32 heavy (non-hydrogen) atoms. The van der Waals surface area contributed by atoms with Crippen LogP contribution in [0.15, 0.2) is 59.3 Å². The molecule has 2 N–H and O–H groups in total. The fourth-order valence-corrected chi connectivity index (χ4v) is 4.04. The molecule has 8 nitrogen and oxygen atoms in total. The molecule has 0 aliphatic carbocycles. The van der Waals surface area contributed by atoms with Crippen LogP contribution >= 0.6 is 0 Å². The number of oxazole rings is 1. The van der Waals surface area contributed by atoms with Crippen molar-refractivity contribution in [1.82, 2.24) is 19.9 Å². The largest absolute Gasteiger partial charge is 0.438 e. The van der Waals surface area contributed by atoms with Crippen molar-refractivity contribution in [2.45, 2.75) is 19.8 Å². The molecule has 2 aromatic carbocycles. The zero-order valence-corrected chi connectivity index (χ0v) is 17.7. The van der Waals surface area contributed by atoms with Gasteiger partial charge in [0.25, 0.3) is 5.91 Å². The highest BCUT2D eigenvalue weighted by molar-refractivity contribution is 5.94. The van der Waals surface area contributed by atoms with Crippen molar-refractivity contribution in [3.63, 3.8) is 0 Å². The number of para-hydroxylation sites is 2. The van der Waals surface area contributed by atoms with E-state index in [1.165, 1.54) is 6.39 Å². The van der Waals surface area contributed by atoms with Crippen LogP contribution in [-0.4, -0.2) is 44.8 Å². The number of hydrogen-bond donors (Lipinski definition) is 2. The Labute approximate surface area is 184 Å². The van der Waals surface area contributed by atoms with Crippen LogP contribution in [0.2, 0.25) is 0 Å². The van der Waals surface area contributed by atoms with Gasteiger partial charge in [0, 0.05) is 30.3 Å². The first-order chi connectivity index (χ1) is 15.6. The number of fused-ring (bicyclic) bond motifs is 1. The van der Waals surface area contributed by atoms with Gasteiger partial charge >= 0.3 is 0 Å². The third-order valence-electron chi connectivity index (χ3n) is 5.91. The number of aromatic amines is 1. The molecule has 4 aromatic rings. The maximum absolute atomic E-state index is 12.7. The van der Waals surface area contributed by atoms with E-state index in [0.29, 0.717) is 31.6 Å². The van der Waals surface area contributed by atoms with Crippen LogP contribution in [0, 0.1) is 12.8 Å². The topological polar surface area (TPSA) is 104 Å². The Balaban J connectivity index is 1.18. The summed E-state index contributed by atoms with van der Waals surface area (Å²) in [4.78, 5) is 38.9. The Morgan fingerprint density at radius 3 is 2.53 bits per heavy atom. The zero-order valence-electron chi connectivity index (χ0n) is 17.7. The molecule has 1 fully saturated rings. The molecule has 3 heterocycles. The van der Waals surface area contributed by atoms with E-state index in [0.717, 1.165) is 28.1 Å². The number of nitrogens with zero attached hydrogens (tertiary/aromatic N) is 3. The molecule has 0 unspecified atom stereocenters. The van der Waals surface area contributed by atoms with Crippen molar-refractivity contribution in [3.05, 3.63) is 66.4 Å². The molecule has 0 saturated carbocycles. The molecular formula is C24H23N5O3. The average Bonchev–Trinajstić information content (AvgIpc) is 3.45. The van der Waals surface area contributed by atoms with Crippen LogP contribution in [-0.2, 0) is 4.79 Å². The van der Waals surface area contributed by atoms with Crippen molar-refractivity contribution < 1.29 is 14.0 Å². The summed E-state index contributed by atoms with van der Waals surface area (Å²) >= 11 is 0. The Bertz CT molecular complexity index is 1230. The maximum Gasteiger partial charge on any atom is 0.291 e. The van der Waals surface area contributed by atoms with Crippen molar-refractivity contribution in [2.75, 3.05) is 18.4 Å². The number of nitrogens with one attached hydrogen (secondary N) is 2. The Hall–Kier alpha value is -3.94. The van der Waals surface area contributed by atoms with Gasteiger partial charge in [0.15, 0.2) is 6.39 Å². The minimum Gasteiger partial charge on any atom is -0.438 e. The van der Waals surface area contributed by atoms with Crippen molar-refractivity contribution in [1.29, 1.82) is 0 Å². The van der Waals surface area contributed by atoms with Crippen LogP contribution in [0.25, 0.3) is 22.4 Å². The quantitative estimate of drug-likeness (QED) is 0.510. The summed E-state index contributed by atoms with van der Waals surface area (Å²) in [6.07, 6.45) is 2.51. The summed E-state index contributed by atoms with van der Waals surface area (Å²) in [6.45, 7) is 2.78. The van der Waals surface area contributed by atoms with Crippen LogP contribution < -0.4 is 5.32 Å². The monoisotopic (exact) mass is 429 g/mol. The van der Waals surface area contributed by atoms with Crippen molar-refractivity contribution in [3.8, 4) is 11.4 Å². The predicted molar refractivity (Wildman–Crippen MR) is 120 cm³/mol. The lowest BCUT2D eigenvalue weighted by atomic mass is 9.95. The van der Waals surface area contributed by atoms with Crippen molar-refractivity contribution >= 4 is 28.5 Å². The predicted octanol–water partition coefficient (Wildman–Crippen LogP) is 4.02. The zero-order chi connectivity index (χ0) is 22.1. The molecule has 162 valence electrons. The van der Waals surface area contributed by atoms with E-state index in [-0.39, 0.29) is 23.5 Å². The van der Waals surface area contributed by atoms with Crippen LogP contribution in [0.3, 0.4) is 0 Å². The van der Waals surface area contributed by atoms with Gasteiger partial charge in [-0.1, -0.05) is 12.1 Å². The molecular weight excluding hydrogens is 406 g/mol. The van der Waals surface area contributed by atoms with Gasteiger partial charge in [-0.25, -0.2) is 9.97 Å². The maximum atomic E-state index is 12.7. The smallest absolute Gasteiger partial charge is 0.291 e. The van der Waals surface area contributed by atoms with Gasteiger partial charge in [0.2, 0.25) is 11.7 Å². The lowest BCUT2D eigenvalue weighted by Crippen LogP contribution is -2.41. The minimum absolute atomic E-state index is 0.0237. The number of piperidine rings is 1. The lowest BCUT2D eigenvalue weighted by molar-refractivity contribution is -0.121. The molecule has 0 bridgehead atoms. The highest BCUT2D eigenvalue weighted by Gasteiger charge is 2.29. The third-order valence-corrected chi connectivity index (χ3v) is 5.91.